The van der Waals surface area contributed by atoms with Crippen molar-refractivity contribution in [1.29, 1.82) is 0 Å². The molecule has 4 nitrogen and oxygen atoms in total. The summed E-state index contributed by atoms with van der Waals surface area (Å²) in [5.41, 5.74) is 1.02. The van der Waals surface area contributed by atoms with Crippen LogP contribution in [0, 0.1) is 5.92 Å². The molecule has 7 heteroatoms. The van der Waals surface area contributed by atoms with Gasteiger partial charge < -0.3 is 9.72 Å². The topological polar surface area (TPSA) is 45.3 Å². The molecule has 2 aromatic rings. The van der Waals surface area contributed by atoms with Crippen LogP contribution in [0.4, 0.5) is 13.2 Å². The number of aromatic nitrogens is 1. The third kappa shape index (κ3) is 2.09. The Morgan fingerprint density at radius 2 is 2.08 bits per heavy atom. The Morgan fingerprint density at radius 1 is 1.27 bits per heavy atom. The molecule has 0 radical (unpaired) electrons. The van der Waals surface area contributed by atoms with Crippen LogP contribution in [0.5, 0.6) is 0 Å². The number of carbonyl (C=O) groups is 1. The first-order chi connectivity index (χ1) is 12.4. The van der Waals surface area contributed by atoms with Gasteiger partial charge >= 0.3 is 12.3 Å². The van der Waals surface area contributed by atoms with E-state index >= 15 is 0 Å². The first-order valence-electron chi connectivity index (χ1n) is 8.71. The lowest BCUT2D eigenvalue weighted by molar-refractivity contribution is -0.310. The summed E-state index contributed by atoms with van der Waals surface area (Å²) in [5.74, 6) is -1.16. The molecule has 6 rings (SSSR count). The van der Waals surface area contributed by atoms with E-state index in [-0.39, 0.29) is 5.92 Å². The number of halogens is 3. The minimum Gasteiger partial charge on any atom is -0.372 e. The van der Waals surface area contributed by atoms with Gasteiger partial charge in [0.25, 0.3) is 0 Å². The zero-order valence-corrected chi connectivity index (χ0v) is 13.8. The van der Waals surface area contributed by atoms with Gasteiger partial charge in [-0.05, 0) is 30.4 Å². The van der Waals surface area contributed by atoms with E-state index in [2.05, 4.69) is 14.6 Å². The minimum atomic E-state index is -4.99. The standard InChI is InChI=1S/C19H17F3N2O2/c20-19(21,22)26-17(25)18-9-11-5-6-15(18)24(10-11)8-7-13-12-3-1-2-4-14(12)23-16(13)18/h1-6,11,15,23H,7-10H2. The van der Waals surface area contributed by atoms with Gasteiger partial charge in [0.1, 0.15) is 5.41 Å². The van der Waals surface area contributed by atoms with E-state index in [1.165, 1.54) is 0 Å². The van der Waals surface area contributed by atoms with Crippen LogP contribution in [0.2, 0.25) is 0 Å². The fraction of sp³-hybridized carbons (Fsp3) is 0.421. The minimum absolute atomic E-state index is 0.0399. The van der Waals surface area contributed by atoms with Gasteiger partial charge in [-0.25, -0.2) is 0 Å². The van der Waals surface area contributed by atoms with Crippen LogP contribution in [0.25, 0.3) is 10.9 Å². The van der Waals surface area contributed by atoms with Gasteiger partial charge in [0, 0.05) is 35.7 Å². The fourth-order valence-corrected chi connectivity index (χ4v) is 5.08. The summed E-state index contributed by atoms with van der Waals surface area (Å²) >= 11 is 0. The molecular weight excluding hydrogens is 345 g/mol. The molecule has 4 unspecified atom stereocenters. The van der Waals surface area contributed by atoms with Gasteiger partial charge in [-0.2, -0.15) is 0 Å². The number of H-pyrrole nitrogens is 1. The third-order valence-corrected chi connectivity index (χ3v) is 6.00. The van der Waals surface area contributed by atoms with E-state index in [4.69, 9.17) is 0 Å². The number of nitrogens with zero attached hydrogens (tertiary/aromatic N) is 1. The molecule has 4 heterocycles. The Bertz CT molecular complexity index is 932. The monoisotopic (exact) mass is 362 g/mol. The molecule has 136 valence electrons. The average molecular weight is 362 g/mol. The van der Waals surface area contributed by atoms with Crippen molar-refractivity contribution in [1.82, 2.24) is 9.88 Å². The highest BCUT2D eigenvalue weighted by Gasteiger charge is 2.60. The second-order valence-corrected chi connectivity index (χ2v) is 7.37. The Kier molecular flexibility index (Phi) is 3.14. The van der Waals surface area contributed by atoms with Crippen LogP contribution in [0.15, 0.2) is 36.4 Å². The van der Waals surface area contributed by atoms with E-state index in [1.54, 1.807) is 0 Å². The van der Waals surface area contributed by atoms with E-state index < -0.39 is 23.8 Å². The molecule has 26 heavy (non-hydrogen) atoms. The third-order valence-electron chi connectivity index (χ3n) is 6.00. The molecule has 0 spiro atoms. The number of alkyl halides is 3. The molecule has 0 amide bonds. The zero-order chi connectivity index (χ0) is 18.1. The molecule has 1 aromatic heterocycles. The number of aromatic amines is 1. The molecule has 4 aliphatic rings. The largest absolute Gasteiger partial charge is 0.575 e. The Balaban J connectivity index is 1.76. The number of benzene rings is 1. The summed E-state index contributed by atoms with van der Waals surface area (Å²) in [6.45, 7) is 1.48. The van der Waals surface area contributed by atoms with Gasteiger partial charge in [0.15, 0.2) is 0 Å². The Hall–Kier alpha value is -2.28. The number of piperidine rings is 1. The normalized spacial score (nSPS) is 32.3. The number of carbonyl (C=O) groups excluding carboxylic acids is 1. The SMILES string of the molecule is O=C(OC(F)(F)F)C12CC3C=CC1N(CCc1c2[nH]c2ccccc12)C3. The summed E-state index contributed by atoms with van der Waals surface area (Å²) < 4.78 is 42.8. The van der Waals surface area contributed by atoms with Crippen molar-refractivity contribution in [3.63, 3.8) is 0 Å². The molecule has 3 aliphatic heterocycles. The van der Waals surface area contributed by atoms with Crippen molar-refractivity contribution in [2.45, 2.75) is 30.7 Å². The van der Waals surface area contributed by atoms with Crippen LogP contribution >= 0.6 is 0 Å². The summed E-state index contributed by atoms with van der Waals surface area (Å²) in [4.78, 5) is 18.3. The van der Waals surface area contributed by atoms with Crippen LogP contribution in [0.3, 0.4) is 0 Å². The van der Waals surface area contributed by atoms with Crippen LogP contribution in [0.1, 0.15) is 17.7 Å². The van der Waals surface area contributed by atoms with E-state index in [1.807, 2.05) is 36.4 Å². The van der Waals surface area contributed by atoms with Gasteiger partial charge in [0.2, 0.25) is 0 Å². The van der Waals surface area contributed by atoms with Crippen LogP contribution < -0.4 is 0 Å². The highest BCUT2D eigenvalue weighted by atomic mass is 19.4. The lowest BCUT2D eigenvalue weighted by Gasteiger charge is -2.51. The summed E-state index contributed by atoms with van der Waals surface area (Å²) in [5, 5.41) is 0.968. The van der Waals surface area contributed by atoms with Crippen LogP contribution in [-0.2, 0) is 21.4 Å². The maximum absolute atomic E-state index is 12.9. The number of ether oxygens (including phenoxy) is 1. The molecular formula is C19H17F3N2O2. The van der Waals surface area contributed by atoms with Crippen molar-refractivity contribution in [3.05, 3.63) is 47.7 Å². The van der Waals surface area contributed by atoms with Crippen LogP contribution in [-0.4, -0.2) is 41.3 Å². The first-order valence-corrected chi connectivity index (χ1v) is 8.71. The fourth-order valence-electron chi connectivity index (χ4n) is 5.08. The summed E-state index contributed by atoms with van der Waals surface area (Å²) in [6, 6.07) is 7.20. The Labute approximate surface area is 147 Å². The molecule has 1 fully saturated rings. The highest BCUT2D eigenvalue weighted by Crippen LogP contribution is 2.50. The van der Waals surface area contributed by atoms with E-state index in [9.17, 15) is 18.0 Å². The van der Waals surface area contributed by atoms with Gasteiger partial charge in [-0.3, -0.25) is 9.69 Å². The molecule has 1 aromatic carbocycles. The first kappa shape index (κ1) is 15.9. The Morgan fingerprint density at radius 3 is 2.85 bits per heavy atom. The number of fused-ring (bicyclic) bond motifs is 3. The van der Waals surface area contributed by atoms with E-state index in [0.717, 1.165) is 23.0 Å². The summed E-state index contributed by atoms with van der Waals surface area (Å²) in [7, 11) is 0. The van der Waals surface area contributed by atoms with Crippen molar-refractivity contribution in [2.75, 3.05) is 13.1 Å². The maximum Gasteiger partial charge on any atom is 0.575 e. The smallest absolute Gasteiger partial charge is 0.372 e. The van der Waals surface area contributed by atoms with Crippen molar-refractivity contribution in [3.8, 4) is 0 Å². The molecule has 0 saturated carbocycles. The predicted molar refractivity (Wildman–Crippen MR) is 88.4 cm³/mol. The van der Waals surface area contributed by atoms with Crippen molar-refractivity contribution in [2.24, 2.45) is 5.92 Å². The number of hydrogen-bond donors (Lipinski definition) is 1. The quantitative estimate of drug-likeness (QED) is 0.626. The molecule has 1 saturated heterocycles. The van der Waals surface area contributed by atoms with Crippen molar-refractivity contribution < 1.29 is 22.7 Å². The number of para-hydroxylation sites is 1. The molecule has 1 N–H and O–H groups in total. The molecule has 1 aliphatic carbocycles. The number of rotatable bonds is 1. The van der Waals surface area contributed by atoms with Gasteiger partial charge in [-0.1, -0.05) is 30.4 Å². The van der Waals surface area contributed by atoms with Gasteiger partial charge in [-0.15, -0.1) is 13.2 Å². The second-order valence-electron chi connectivity index (χ2n) is 7.37. The number of hydrogen-bond acceptors (Lipinski definition) is 3. The maximum atomic E-state index is 12.9. The average Bonchev–Trinajstić information content (AvgIpc) is 2.93. The number of esters is 1. The zero-order valence-electron chi connectivity index (χ0n) is 13.8. The summed E-state index contributed by atoms with van der Waals surface area (Å²) in [6.07, 6.45) is -0.0593. The molecule has 4 atom stereocenters. The van der Waals surface area contributed by atoms with E-state index in [0.29, 0.717) is 25.1 Å². The van der Waals surface area contributed by atoms with Gasteiger partial charge in [0.05, 0.1) is 0 Å². The lowest BCUT2D eigenvalue weighted by Crippen LogP contribution is -2.62. The number of nitrogens with one attached hydrogen (secondary N) is 1. The van der Waals surface area contributed by atoms with Crippen molar-refractivity contribution >= 4 is 16.9 Å². The molecule has 4 bridgehead atoms. The predicted octanol–water partition coefficient (Wildman–Crippen LogP) is 3.29. The highest BCUT2D eigenvalue weighted by molar-refractivity contribution is 5.92. The lowest BCUT2D eigenvalue weighted by atomic mass is 9.64. The second kappa shape index (κ2) is 5.13.